The summed E-state index contributed by atoms with van der Waals surface area (Å²) in [5.74, 6) is -0.323. The molecule has 0 radical (unpaired) electrons. The lowest BCUT2D eigenvalue weighted by molar-refractivity contribution is -0.135. The van der Waals surface area contributed by atoms with Crippen LogP contribution < -0.4 is 5.32 Å². The first-order valence-electron chi connectivity index (χ1n) is 6.39. The quantitative estimate of drug-likeness (QED) is 0.754. The Morgan fingerprint density at radius 3 is 2.47 bits per heavy atom. The molecule has 1 N–H and O–H groups in total. The molecule has 1 aromatic rings. The number of rotatable bonds is 6. The van der Waals surface area contributed by atoms with Crippen molar-refractivity contribution in [2.45, 2.75) is 45.3 Å². The Hall–Kier alpha value is -1.10. The molecule has 0 saturated heterocycles. The van der Waals surface area contributed by atoms with Gasteiger partial charge in [-0.05, 0) is 43.5 Å². The third-order valence-corrected chi connectivity index (χ3v) is 3.00. The molecule has 5 heteroatoms. The first kappa shape index (κ1) is 16.0. The molecule has 0 heterocycles. The van der Waals surface area contributed by atoms with Gasteiger partial charge in [-0.3, -0.25) is 0 Å². The average molecular weight is 277 g/mol. The molecule has 0 aliphatic rings. The summed E-state index contributed by atoms with van der Waals surface area (Å²) in [4.78, 5) is 0. The minimum Gasteiger partial charge on any atom is -0.310 e. The van der Waals surface area contributed by atoms with E-state index in [1.807, 2.05) is 6.92 Å². The number of benzene rings is 1. The molecule has 0 aliphatic carbocycles. The molecule has 1 nitrogen and oxygen atoms in total. The molecule has 0 spiro atoms. The Bertz CT molecular complexity index is 401. The highest BCUT2D eigenvalue weighted by Crippen LogP contribution is 2.27. The Morgan fingerprint density at radius 1 is 1.26 bits per heavy atom. The maximum absolute atomic E-state index is 13.5. The van der Waals surface area contributed by atoms with Crippen LogP contribution >= 0.6 is 0 Å². The van der Waals surface area contributed by atoms with Gasteiger partial charge in [-0.25, -0.2) is 4.39 Å². The minimum absolute atomic E-state index is 0.0384. The van der Waals surface area contributed by atoms with Crippen molar-refractivity contribution in [1.82, 2.24) is 5.32 Å². The number of nitrogens with one attached hydrogen (secondary N) is 1. The number of aryl methyl sites for hydroxylation is 1. The summed E-state index contributed by atoms with van der Waals surface area (Å²) < 4.78 is 49.9. The third kappa shape index (κ3) is 5.59. The van der Waals surface area contributed by atoms with Crippen LogP contribution in [0.3, 0.4) is 0 Å². The lowest BCUT2D eigenvalue weighted by Crippen LogP contribution is -2.21. The molecule has 0 aliphatic heterocycles. The summed E-state index contributed by atoms with van der Waals surface area (Å²) >= 11 is 0. The highest BCUT2D eigenvalue weighted by atomic mass is 19.4. The van der Waals surface area contributed by atoms with Crippen molar-refractivity contribution in [3.63, 3.8) is 0 Å². The van der Waals surface area contributed by atoms with Crippen LogP contribution in [0.2, 0.25) is 0 Å². The molecule has 1 atom stereocenters. The zero-order chi connectivity index (χ0) is 14.5. The van der Waals surface area contributed by atoms with Crippen LogP contribution in [0.15, 0.2) is 18.2 Å². The second-order valence-electron chi connectivity index (χ2n) is 4.63. The fraction of sp³-hybridized carbons (Fsp3) is 0.571. The first-order chi connectivity index (χ1) is 8.83. The van der Waals surface area contributed by atoms with E-state index in [9.17, 15) is 17.6 Å². The number of alkyl halides is 3. The first-order valence-corrected chi connectivity index (χ1v) is 6.39. The zero-order valence-electron chi connectivity index (χ0n) is 11.1. The molecule has 0 amide bonds. The van der Waals surface area contributed by atoms with Gasteiger partial charge in [-0.2, -0.15) is 13.2 Å². The molecule has 19 heavy (non-hydrogen) atoms. The van der Waals surface area contributed by atoms with E-state index in [1.54, 1.807) is 19.1 Å². The molecule has 0 fully saturated rings. The molecule has 0 aromatic heterocycles. The van der Waals surface area contributed by atoms with Crippen LogP contribution in [-0.2, 0) is 0 Å². The van der Waals surface area contributed by atoms with Crippen molar-refractivity contribution in [3.8, 4) is 0 Å². The molecule has 108 valence electrons. The highest BCUT2D eigenvalue weighted by molar-refractivity contribution is 5.25. The van der Waals surface area contributed by atoms with Gasteiger partial charge in [0.05, 0.1) is 0 Å². The van der Waals surface area contributed by atoms with Crippen molar-refractivity contribution < 1.29 is 17.6 Å². The van der Waals surface area contributed by atoms with Gasteiger partial charge in [0.2, 0.25) is 0 Å². The Balaban J connectivity index is 2.68. The lowest BCUT2D eigenvalue weighted by Gasteiger charge is -2.19. The van der Waals surface area contributed by atoms with Crippen molar-refractivity contribution in [1.29, 1.82) is 0 Å². The van der Waals surface area contributed by atoms with Gasteiger partial charge >= 0.3 is 6.18 Å². The van der Waals surface area contributed by atoms with Gasteiger partial charge in [0.25, 0.3) is 0 Å². The van der Waals surface area contributed by atoms with Crippen LogP contribution in [0.1, 0.15) is 43.4 Å². The van der Waals surface area contributed by atoms with Crippen LogP contribution in [0.5, 0.6) is 0 Å². The van der Waals surface area contributed by atoms with E-state index >= 15 is 0 Å². The fourth-order valence-corrected chi connectivity index (χ4v) is 1.97. The standard InChI is InChI=1S/C14H19F4N/c1-3-19-13(5-4-8-14(16,17)18)11-7-6-10(2)12(15)9-11/h6-7,9,13,19H,3-5,8H2,1-2H3. The lowest BCUT2D eigenvalue weighted by atomic mass is 9.99. The van der Waals surface area contributed by atoms with Gasteiger partial charge in [0.1, 0.15) is 5.82 Å². The van der Waals surface area contributed by atoms with Crippen LogP contribution in [0, 0.1) is 12.7 Å². The summed E-state index contributed by atoms with van der Waals surface area (Å²) in [5.41, 5.74) is 1.24. The van der Waals surface area contributed by atoms with E-state index in [4.69, 9.17) is 0 Å². The molecule has 1 aromatic carbocycles. The summed E-state index contributed by atoms with van der Waals surface area (Å²) in [7, 11) is 0. The molecule has 0 bridgehead atoms. The van der Waals surface area contributed by atoms with E-state index in [-0.39, 0.29) is 18.3 Å². The number of hydrogen-bond acceptors (Lipinski definition) is 1. The molecule has 0 saturated carbocycles. The van der Waals surface area contributed by atoms with Gasteiger partial charge in [-0.15, -0.1) is 0 Å². The molecule has 1 unspecified atom stereocenters. The summed E-state index contributed by atoms with van der Waals surface area (Å²) in [6, 6.07) is 4.58. The van der Waals surface area contributed by atoms with Crippen molar-refractivity contribution in [3.05, 3.63) is 35.1 Å². The zero-order valence-corrected chi connectivity index (χ0v) is 11.1. The van der Waals surface area contributed by atoms with Gasteiger partial charge in [0, 0.05) is 12.5 Å². The fourth-order valence-electron chi connectivity index (χ4n) is 1.97. The van der Waals surface area contributed by atoms with Crippen LogP contribution in [0.25, 0.3) is 0 Å². The molecular weight excluding hydrogens is 258 g/mol. The third-order valence-electron chi connectivity index (χ3n) is 3.00. The SMILES string of the molecule is CCNC(CCCC(F)(F)F)c1ccc(C)c(F)c1. The second kappa shape index (κ2) is 6.89. The van der Waals surface area contributed by atoms with Crippen molar-refractivity contribution in [2.75, 3.05) is 6.54 Å². The van der Waals surface area contributed by atoms with E-state index < -0.39 is 12.6 Å². The molecular formula is C14H19F4N. The van der Waals surface area contributed by atoms with Gasteiger partial charge in [-0.1, -0.05) is 19.1 Å². The van der Waals surface area contributed by atoms with Crippen LogP contribution in [0.4, 0.5) is 17.6 Å². The number of hydrogen-bond donors (Lipinski definition) is 1. The van der Waals surface area contributed by atoms with Crippen molar-refractivity contribution in [2.24, 2.45) is 0 Å². The summed E-state index contributed by atoms with van der Waals surface area (Å²) in [5, 5.41) is 3.10. The summed E-state index contributed by atoms with van der Waals surface area (Å²) in [6.45, 7) is 4.17. The maximum Gasteiger partial charge on any atom is 0.389 e. The van der Waals surface area contributed by atoms with Crippen molar-refractivity contribution >= 4 is 0 Å². The van der Waals surface area contributed by atoms with E-state index in [0.29, 0.717) is 24.1 Å². The molecule has 1 rings (SSSR count). The monoisotopic (exact) mass is 277 g/mol. The normalized spacial score (nSPS) is 13.6. The predicted molar refractivity (Wildman–Crippen MR) is 67.5 cm³/mol. The minimum atomic E-state index is -4.13. The Morgan fingerprint density at radius 2 is 1.95 bits per heavy atom. The van der Waals surface area contributed by atoms with E-state index in [0.717, 1.165) is 0 Å². The largest absolute Gasteiger partial charge is 0.389 e. The van der Waals surface area contributed by atoms with Gasteiger partial charge < -0.3 is 5.32 Å². The smallest absolute Gasteiger partial charge is 0.310 e. The van der Waals surface area contributed by atoms with Crippen LogP contribution in [-0.4, -0.2) is 12.7 Å². The predicted octanol–water partition coefficient (Wildman–Crippen LogP) is 4.52. The Kier molecular flexibility index (Phi) is 5.79. The topological polar surface area (TPSA) is 12.0 Å². The average Bonchev–Trinajstić information content (AvgIpc) is 2.30. The van der Waals surface area contributed by atoms with E-state index in [1.165, 1.54) is 6.07 Å². The summed E-state index contributed by atoms with van der Waals surface area (Å²) in [6.07, 6.45) is -4.55. The van der Waals surface area contributed by atoms with E-state index in [2.05, 4.69) is 5.32 Å². The second-order valence-corrected chi connectivity index (χ2v) is 4.63. The maximum atomic E-state index is 13.5. The highest BCUT2D eigenvalue weighted by Gasteiger charge is 2.26. The van der Waals surface area contributed by atoms with Gasteiger partial charge in [0.15, 0.2) is 0 Å². The Labute approximate surface area is 111 Å². The number of halogens is 4.